The van der Waals surface area contributed by atoms with Gasteiger partial charge in [0, 0.05) is 21.9 Å². The van der Waals surface area contributed by atoms with E-state index in [4.69, 9.17) is 5.73 Å². The van der Waals surface area contributed by atoms with Crippen molar-refractivity contribution >= 4 is 33.0 Å². The average Bonchev–Trinajstić information content (AvgIpc) is 2.66. The zero-order chi connectivity index (χ0) is 14.3. The topological polar surface area (TPSA) is 56.5 Å². The van der Waals surface area contributed by atoms with Gasteiger partial charge in [0.15, 0.2) is 11.5 Å². The third kappa shape index (κ3) is 2.49. The number of hydrogen-bond donors (Lipinski definition) is 2. The fraction of sp³-hybridized carbons (Fsp3) is 0.0769. The quantitative estimate of drug-likeness (QED) is 0.807. The molecule has 0 saturated heterocycles. The number of nitrogen functional groups attached to an aromatic ring is 1. The lowest BCUT2D eigenvalue weighted by Gasteiger charge is -2.09. The number of halogens is 3. The van der Waals surface area contributed by atoms with Gasteiger partial charge in [-0.05, 0) is 46.3 Å². The Kier molecular flexibility index (Phi) is 2.93. The number of rotatable bonds is 2. The van der Waals surface area contributed by atoms with Crippen LogP contribution in [0.3, 0.4) is 0 Å². The van der Waals surface area contributed by atoms with Crippen molar-refractivity contribution in [1.82, 2.24) is 0 Å². The van der Waals surface area contributed by atoms with E-state index in [1.54, 1.807) is 24.3 Å². The molecule has 0 unspecified atom stereocenters. The summed E-state index contributed by atoms with van der Waals surface area (Å²) in [7, 11) is 0. The van der Waals surface area contributed by atoms with E-state index in [0.29, 0.717) is 11.4 Å². The third-order valence-electron chi connectivity index (χ3n) is 2.67. The summed E-state index contributed by atoms with van der Waals surface area (Å²) in [4.78, 5) is 0. The summed E-state index contributed by atoms with van der Waals surface area (Å²) < 4.78 is 35.3. The van der Waals surface area contributed by atoms with E-state index in [2.05, 4.69) is 30.7 Å². The highest BCUT2D eigenvalue weighted by atomic mass is 79.9. The molecular formula is C13H9BrF2N2O2. The number of fused-ring (bicyclic) bond motifs is 1. The van der Waals surface area contributed by atoms with Crippen LogP contribution in [0.1, 0.15) is 0 Å². The molecule has 4 nitrogen and oxygen atoms in total. The van der Waals surface area contributed by atoms with Crippen molar-refractivity contribution in [2.45, 2.75) is 6.29 Å². The zero-order valence-corrected chi connectivity index (χ0v) is 11.6. The van der Waals surface area contributed by atoms with Crippen molar-refractivity contribution in [3.63, 3.8) is 0 Å². The van der Waals surface area contributed by atoms with Gasteiger partial charge in [-0.2, -0.15) is 0 Å². The third-order valence-corrected chi connectivity index (χ3v) is 3.33. The average molecular weight is 343 g/mol. The van der Waals surface area contributed by atoms with Crippen LogP contribution in [-0.4, -0.2) is 6.29 Å². The zero-order valence-electron chi connectivity index (χ0n) is 9.99. The number of anilines is 3. The highest BCUT2D eigenvalue weighted by Gasteiger charge is 2.43. The maximum Gasteiger partial charge on any atom is 0.586 e. The molecule has 20 heavy (non-hydrogen) atoms. The molecule has 2 aromatic carbocycles. The summed E-state index contributed by atoms with van der Waals surface area (Å²) in [6.07, 6.45) is -3.61. The number of alkyl halides is 2. The second kappa shape index (κ2) is 4.52. The van der Waals surface area contributed by atoms with Crippen LogP contribution >= 0.6 is 15.9 Å². The summed E-state index contributed by atoms with van der Waals surface area (Å²) in [5.41, 5.74) is 7.61. The highest BCUT2D eigenvalue weighted by molar-refractivity contribution is 9.10. The summed E-state index contributed by atoms with van der Waals surface area (Å²) in [6, 6.07) is 9.73. The lowest BCUT2D eigenvalue weighted by Crippen LogP contribution is -2.25. The van der Waals surface area contributed by atoms with Crippen molar-refractivity contribution in [1.29, 1.82) is 0 Å². The SMILES string of the molecule is Nc1ccc(Nc2ccc3c(c2)OC(F)(F)O3)c(Br)c1. The Morgan fingerprint density at radius 3 is 2.55 bits per heavy atom. The molecule has 1 heterocycles. The standard InChI is InChI=1S/C13H9BrF2N2O2/c14-9-5-7(17)1-3-10(9)18-8-2-4-11-12(6-8)20-13(15,16)19-11/h1-6,18H,17H2. The van der Waals surface area contributed by atoms with E-state index in [1.165, 1.54) is 12.1 Å². The van der Waals surface area contributed by atoms with Crippen LogP contribution in [-0.2, 0) is 0 Å². The first kappa shape index (κ1) is 13.0. The van der Waals surface area contributed by atoms with Gasteiger partial charge in [-0.3, -0.25) is 0 Å². The van der Waals surface area contributed by atoms with Crippen LogP contribution in [0.25, 0.3) is 0 Å². The van der Waals surface area contributed by atoms with Crippen molar-refractivity contribution in [3.05, 3.63) is 40.9 Å². The molecular weight excluding hydrogens is 334 g/mol. The van der Waals surface area contributed by atoms with Crippen molar-refractivity contribution in [3.8, 4) is 11.5 Å². The van der Waals surface area contributed by atoms with Gasteiger partial charge in [-0.25, -0.2) is 0 Å². The largest absolute Gasteiger partial charge is 0.586 e. The number of hydrogen-bond acceptors (Lipinski definition) is 4. The molecule has 0 atom stereocenters. The smallest absolute Gasteiger partial charge is 0.399 e. The molecule has 0 bridgehead atoms. The first-order valence-electron chi connectivity index (χ1n) is 5.65. The molecule has 104 valence electrons. The van der Waals surface area contributed by atoms with Gasteiger partial charge in [0.25, 0.3) is 0 Å². The Hall–Kier alpha value is -2.02. The maximum atomic E-state index is 12.9. The minimum Gasteiger partial charge on any atom is -0.399 e. The molecule has 2 aromatic rings. The second-order valence-electron chi connectivity index (χ2n) is 4.19. The van der Waals surface area contributed by atoms with Gasteiger partial charge >= 0.3 is 6.29 Å². The molecule has 0 amide bonds. The van der Waals surface area contributed by atoms with Crippen molar-refractivity contribution in [2.75, 3.05) is 11.1 Å². The van der Waals surface area contributed by atoms with Crippen LogP contribution in [0, 0.1) is 0 Å². The fourth-order valence-electron chi connectivity index (χ4n) is 1.81. The number of benzene rings is 2. The predicted molar refractivity (Wildman–Crippen MR) is 74.5 cm³/mol. The fourth-order valence-corrected chi connectivity index (χ4v) is 2.31. The molecule has 0 aromatic heterocycles. The Morgan fingerprint density at radius 2 is 1.80 bits per heavy atom. The minimum atomic E-state index is -3.61. The molecule has 0 radical (unpaired) electrons. The molecule has 0 aliphatic carbocycles. The van der Waals surface area contributed by atoms with Gasteiger partial charge < -0.3 is 20.5 Å². The van der Waals surface area contributed by atoms with Gasteiger partial charge in [0.2, 0.25) is 0 Å². The van der Waals surface area contributed by atoms with Crippen LogP contribution in [0.2, 0.25) is 0 Å². The van der Waals surface area contributed by atoms with E-state index >= 15 is 0 Å². The van der Waals surface area contributed by atoms with Gasteiger partial charge in [-0.15, -0.1) is 8.78 Å². The Balaban J connectivity index is 1.86. The predicted octanol–water partition coefficient (Wildman–Crippen LogP) is 4.10. The van der Waals surface area contributed by atoms with E-state index in [9.17, 15) is 8.78 Å². The lowest BCUT2D eigenvalue weighted by atomic mass is 10.2. The highest BCUT2D eigenvalue weighted by Crippen LogP contribution is 2.42. The van der Waals surface area contributed by atoms with Crippen molar-refractivity contribution < 1.29 is 18.3 Å². The minimum absolute atomic E-state index is 0.00781. The monoisotopic (exact) mass is 342 g/mol. The number of ether oxygens (including phenoxy) is 2. The molecule has 1 aliphatic rings. The van der Waals surface area contributed by atoms with Gasteiger partial charge in [0.05, 0.1) is 5.69 Å². The normalized spacial score (nSPS) is 15.2. The Labute approximate surface area is 121 Å². The van der Waals surface area contributed by atoms with E-state index < -0.39 is 6.29 Å². The Bertz CT molecular complexity index is 679. The molecule has 0 saturated carbocycles. The van der Waals surface area contributed by atoms with Crippen LogP contribution in [0.15, 0.2) is 40.9 Å². The van der Waals surface area contributed by atoms with Gasteiger partial charge in [0.1, 0.15) is 0 Å². The lowest BCUT2D eigenvalue weighted by molar-refractivity contribution is -0.286. The van der Waals surface area contributed by atoms with E-state index in [-0.39, 0.29) is 11.5 Å². The number of nitrogens with one attached hydrogen (secondary N) is 1. The van der Waals surface area contributed by atoms with E-state index in [1.807, 2.05) is 0 Å². The maximum absolute atomic E-state index is 12.9. The molecule has 7 heteroatoms. The molecule has 3 N–H and O–H groups in total. The molecule has 3 rings (SSSR count). The molecule has 0 fully saturated rings. The molecule has 1 aliphatic heterocycles. The van der Waals surface area contributed by atoms with Crippen LogP contribution < -0.4 is 20.5 Å². The number of nitrogens with two attached hydrogens (primary N) is 1. The second-order valence-corrected chi connectivity index (χ2v) is 5.05. The van der Waals surface area contributed by atoms with Crippen LogP contribution in [0.4, 0.5) is 25.8 Å². The summed E-state index contributed by atoms with van der Waals surface area (Å²) in [6.45, 7) is 0. The van der Waals surface area contributed by atoms with Gasteiger partial charge in [-0.1, -0.05) is 0 Å². The van der Waals surface area contributed by atoms with E-state index in [0.717, 1.165) is 10.2 Å². The molecule has 0 spiro atoms. The Morgan fingerprint density at radius 1 is 1.05 bits per heavy atom. The summed E-state index contributed by atoms with van der Waals surface area (Å²) in [5.74, 6) is 0.00323. The summed E-state index contributed by atoms with van der Waals surface area (Å²) in [5, 5.41) is 3.07. The first-order valence-corrected chi connectivity index (χ1v) is 6.44. The van der Waals surface area contributed by atoms with Crippen molar-refractivity contribution in [2.24, 2.45) is 0 Å². The first-order chi connectivity index (χ1) is 9.43. The summed E-state index contributed by atoms with van der Waals surface area (Å²) >= 11 is 3.37. The van der Waals surface area contributed by atoms with Crippen LogP contribution in [0.5, 0.6) is 11.5 Å².